The van der Waals surface area contributed by atoms with Gasteiger partial charge in [0.2, 0.25) is 5.91 Å². The van der Waals surface area contributed by atoms with E-state index in [9.17, 15) is 9.59 Å². The standard InChI is InChI=1S/C33H42Cl2N2O4/c1-7-16-33(6)20-26(23-10-9-11-25(35)19-23)29(22-12-14-24(34)15-13-22)37(30(33)38)27(8-2)28-21-36(17-18-40-28)31(39)41-32(3,4)5/h7,9-15,19,26-29H,1,8,16-18,20-21H2,2-6H3/t26?,27?,28-,29-,33+/m1/s1. The number of nitrogens with zero attached hydrogens (tertiary/aromatic N) is 2. The van der Waals surface area contributed by atoms with Crippen molar-refractivity contribution >= 4 is 35.2 Å². The van der Waals surface area contributed by atoms with Crippen LogP contribution in [0.1, 0.15) is 77.0 Å². The normalized spacial score (nSPS) is 26.0. The summed E-state index contributed by atoms with van der Waals surface area (Å²) in [4.78, 5) is 31.4. The molecule has 0 aromatic heterocycles. The predicted octanol–water partition coefficient (Wildman–Crippen LogP) is 8.05. The summed E-state index contributed by atoms with van der Waals surface area (Å²) in [6.45, 7) is 14.8. The highest BCUT2D eigenvalue weighted by atomic mass is 35.5. The van der Waals surface area contributed by atoms with Gasteiger partial charge in [0.25, 0.3) is 0 Å². The first-order valence-corrected chi connectivity index (χ1v) is 15.2. The van der Waals surface area contributed by atoms with E-state index in [1.165, 1.54) is 0 Å². The van der Waals surface area contributed by atoms with Crippen LogP contribution in [-0.2, 0) is 14.3 Å². The van der Waals surface area contributed by atoms with Crippen LogP contribution in [0, 0.1) is 5.41 Å². The van der Waals surface area contributed by atoms with Crippen molar-refractivity contribution in [1.29, 1.82) is 0 Å². The fraction of sp³-hybridized carbons (Fsp3) is 0.515. The molecule has 2 fully saturated rings. The number of rotatable bonds is 7. The van der Waals surface area contributed by atoms with E-state index >= 15 is 0 Å². The molecule has 0 saturated carbocycles. The number of halogens is 2. The maximum absolute atomic E-state index is 14.6. The van der Waals surface area contributed by atoms with Gasteiger partial charge in [-0.25, -0.2) is 4.79 Å². The highest BCUT2D eigenvalue weighted by molar-refractivity contribution is 6.30. The third-order valence-electron chi connectivity index (χ3n) is 8.14. The van der Waals surface area contributed by atoms with E-state index in [2.05, 4.69) is 19.6 Å². The van der Waals surface area contributed by atoms with E-state index in [0.717, 1.165) is 11.1 Å². The Bertz CT molecular complexity index is 1240. The highest BCUT2D eigenvalue weighted by Crippen LogP contribution is 2.52. The minimum Gasteiger partial charge on any atom is -0.444 e. The summed E-state index contributed by atoms with van der Waals surface area (Å²) >= 11 is 12.8. The second-order valence-corrected chi connectivity index (χ2v) is 13.3. The van der Waals surface area contributed by atoms with Crippen LogP contribution in [0.3, 0.4) is 0 Å². The molecule has 8 heteroatoms. The first-order chi connectivity index (χ1) is 19.4. The maximum Gasteiger partial charge on any atom is 0.410 e. The molecule has 0 bridgehead atoms. The molecule has 2 amide bonds. The van der Waals surface area contributed by atoms with Gasteiger partial charge in [0, 0.05) is 22.5 Å². The van der Waals surface area contributed by atoms with Crippen LogP contribution >= 0.6 is 23.2 Å². The number of hydrogen-bond acceptors (Lipinski definition) is 4. The van der Waals surface area contributed by atoms with E-state index in [4.69, 9.17) is 32.7 Å². The number of hydrogen-bond donors (Lipinski definition) is 0. The lowest BCUT2D eigenvalue weighted by Gasteiger charge is -2.54. The minimum absolute atomic E-state index is 0.0443. The SMILES string of the molecule is C=CC[C@@]1(C)CC(c2cccc(Cl)c2)[C@@H](c2ccc(Cl)cc2)N(C(CC)[C@H]2CN(C(=O)OC(C)(C)C)CCO2)C1=O. The summed E-state index contributed by atoms with van der Waals surface area (Å²) in [5.41, 5.74) is 0.783. The summed E-state index contributed by atoms with van der Waals surface area (Å²) < 4.78 is 12.0. The topological polar surface area (TPSA) is 59.1 Å². The Morgan fingerprint density at radius 3 is 2.49 bits per heavy atom. The molecule has 6 nitrogen and oxygen atoms in total. The Morgan fingerprint density at radius 1 is 1.17 bits per heavy atom. The molecule has 2 unspecified atom stereocenters. The second kappa shape index (κ2) is 12.8. The van der Waals surface area contributed by atoms with Gasteiger partial charge in [-0.3, -0.25) is 4.79 Å². The van der Waals surface area contributed by atoms with Gasteiger partial charge in [-0.1, -0.05) is 67.4 Å². The Labute approximate surface area is 254 Å². The Balaban J connectivity index is 1.81. The largest absolute Gasteiger partial charge is 0.444 e. The summed E-state index contributed by atoms with van der Waals surface area (Å²) in [6.07, 6.45) is 2.90. The molecule has 5 atom stereocenters. The third kappa shape index (κ3) is 7.10. The van der Waals surface area contributed by atoms with Crippen LogP contribution < -0.4 is 0 Å². The van der Waals surface area contributed by atoms with E-state index < -0.39 is 11.0 Å². The van der Waals surface area contributed by atoms with Crippen LogP contribution in [0.25, 0.3) is 0 Å². The Hall–Kier alpha value is -2.54. The Morgan fingerprint density at radius 2 is 1.88 bits per heavy atom. The number of morpholine rings is 1. The van der Waals surface area contributed by atoms with Gasteiger partial charge in [0.05, 0.1) is 36.8 Å². The Kier molecular flexibility index (Phi) is 9.77. The average molecular weight is 602 g/mol. The van der Waals surface area contributed by atoms with Gasteiger partial charge >= 0.3 is 6.09 Å². The number of allylic oxidation sites excluding steroid dienone is 1. The molecule has 2 heterocycles. The van der Waals surface area contributed by atoms with Crippen molar-refractivity contribution in [3.8, 4) is 0 Å². The molecular weight excluding hydrogens is 559 g/mol. The molecule has 2 aromatic carbocycles. The zero-order valence-electron chi connectivity index (χ0n) is 24.7. The zero-order chi connectivity index (χ0) is 29.9. The number of amides is 2. The first kappa shape index (κ1) is 31.4. The summed E-state index contributed by atoms with van der Waals surface area (Å²) in [7, 11) is 0. The molecule has 0 aliphatic carbocycles. The van der Waals surface area contributed by atoms with Gasteiger partial charge < -0.3 is 19.3 Å². The molecule has 0 radical (unpaired) electrons. The fourth-order valence-corrected chi connectivity index (χ4v) is 6.62. The van der Waals surface area contributed by atoms with Crippen molar-refractivity contribution in [2.75, 3.05) is 19.7 Å². The molecule has 41 heavy (non-hydrogen) atoms. The van der Waals surface area contributed by atoms with Gasteiger partial charge in [-0.2, -0.15) is 0 Å². The monoisotopic (exact) mass is 600 g/mol. The molecule has 0 spiro atoms. The third-order valence-corrected chi connectivity index (χ3v) is 8.62. The predicted molar refractivity (Wildman–Crippen MR) is 164 cm³/mol. The van der Waals surface area contributed by atoms with Crippen LogP contribution in [0.15, 0.2) is 61.2 Å². The minimum atomic E-state index is -0.676. The number of benzene rings is 2. The van der Waals surface area contributed by atoms with Gasteiger partial charge in [0.15, 0.2) is 0 Å². The van der Waals surface area contributed by atoms with Crippen molar-refractivity contribution in [2.24, 2.45) is 5.41 Å². The van der Waals surface area contributed by atoms with Crippen LogP contribution in [0.2, 0.25) is 10.0 Å². The van der Waals surface area contributed by atoms with E-state index in [0.29, 0.717) is 49.0 Å². The van der Waals surface area contributed by atoms with Crippen LogP contribution in [-0.4, -0.2) is 59.2 Å². The lowest BCUT2D eigenvalue weighted by atomic mass is 9.67. The smallest absolute Gasteiger partial charge is 0.410 e. The van der Waals surface area contributed by atoms with Crippen LogP contribution in [0.4, 0.5) is 4.79 Å². The summed E-state index contributed by atoms with van der Waals surface area (Å²) in [5.74, 6) is 0.0117. The number of ether oxygens (including phenoxy) is 2. The molecule has 2 aliphatic rings. The van der Waals surface area contributed by atoms with Crippen molar-refractivity contribution in [3.05, 3.63) is 82.4 Å². The first-order valence-electron chi connectivity index (χ1n) is 14.4. The van der Waals surface area contributed by atoms with Gasteiger partial charge in [0.1, 0.15) is 5.60 Å². The van der Waals surface area contributed by atoms with Crippen molar-refractivity contribution in [1.82, 2.24) is 9.80 Å². The molecule has 0 N–H and O–H groups in total. The number of carbonyl (C=O) groups is 2. The quantitative estimate of drug-likeness (QED) is 0.302. The van der Waals surface area contributed by atoms with Gasteiger partial charge in [-0.15, -0.1) is 6.58 Å². The molecule has 2 aromatic rings. The average Bonchev–Trinajstić information content (AvgIpc) is 2.91. The number of likely N-dealkylation sites (tertiary alicyclic amines) is 1. The van der Waals surface area contributed by atoms with E-state index in [-0.39, 0.29) is 36.1 Å². The van der Waals surface area contributed by atoms with E-state index in [1.54, 1.807) is 4.90 Å². The fourth-order valence-electron chi connectivity index (χ4n) is 6.29. The second-order valence-electron chi connectivity index (χ2n) is 12.4. The van der Waals surface area contributed by atoms with Crippen molar-refractivity contribution in [3.63, 3.8) is 0 Å². The van der Waals surface area contributed by atoms with Crippen molar-refractivity contribution in [2.45, 2.75) is 83.6 Å². The van der Waals surface area contributed by atoms with E-state index in [1.807, 2.05) is 81.1 Å². The van der Waals surface area contributed by atoms with Crippen LogP contribution in [0.5, 0.6) is 0 Å². The molecule has 2 aliphatic heterocycles. The summed E-state index contributed by atoms with van der Waals surface area (Å²) in [6, 6.07) is 15.1. The molecule has 222 valence electrons. The maximum atomic E-state index is 14.6. The highest BCUT2D eigenvalue weighted by Gasteiger charge is 2.52. The molecule has 4 rings (SSSR count). The van der Waals surface area contributed by atoms with Gasteiger partial charge in [-0.05, 0) is 75.4 Å². The lowest BCUT2D eigenvalue weighted by molar-refractivity contribution is -0.163. The zero-order valence-corrected chi connectivity index (χ0v) is 26.3. The number of piperidine rings is 1. The number of carbonyl (C=O) groups excluding carboxylic acids is 2. The summed E-state index contributed by atoms with van der Waals surface area (Å²) in [5, 5.41) is 1.29. The lowest BCUT2D eigenvalue weighted by Crippen LogP contribution is -2.61. The molecule has 2 saturated heterocycles. The molecular formula is C33H42Cl2N2O4. The van der Waals surface area contributed by atoms with Crippen molar-refractivity contribution < 1.29 is 19.1 Å².